The van der Waals surface area contributed by atoms with Gasteiger partial charge in [-0.1, -0.05) is 30.3 Å². The van der Waals surface area contributed by atoms with Crippen molar-refractivity contribution >= 4 is 0 Å². The summed E-state index contributed by atoms with van der Waals surface area (Å²) in [4.78, 5) is 0. The Morgan fingerprint density at radius 3 is 2.33 bits per heavy atom. The molecule has 0 bridgehead atoms. The zero-order valence-electron chi connectivity index (χ0n) is 7.07. The van der Waals surface area contributed by atoms with Crippen molar-refractivity contribution in [3.63, 3.8) is 0 Å². The third kappa shape index (κ3) is 1.49. The average molecular weight is 163 g/mol. The van der Waals surface area contributed by atoms with Crippen molar-refractivity contribution in [1.29, 1.82) is 0 Å². The maximum absolute atomic E-state index is 11.7. The molecule has 64 valence electrons. The van der Waals surface area contributed by atoms with Gasteiger partial charge in [-0.15, -0.1) is 0 Å². The number of rotatable bonds is 2. The lowest BCUT2D eigenvalue weighted by Crippen LogP contribution is -2.51. The third-order valence-corrected chi connectivity index (χ3v) is 2.44. The lowest BCUT2D eigenvalue weighted by Gasteiger charge is -2.49. The molecule has 0 unspecified atom stereocenters. The van der Waals surface area contributed by atoms with Gasteiger partial charge in [0.2, 0.25) is 0 Å². The summed E-state index contributed by atoms with van der Waals surface area (Å²) in [5.41, 5.74) is 1.16. The molecule has 0 aromatic heterocycles. The SMILES string of the molecule is [O-][N+]1(Cc2ccccc2)CCC1. The first-order chi connectivity index (χ1) is 5.79. The first kappa shape index (κ1) is 7.77. The van der Waals surface area contributed by atoms with Gasteiger partial charge in [0, 0.05) is 12.0 Å². The van der Waals surface area contributed by atoms with Gasteiger partial charge >= 0.3 is 0 Å². The highest BCUT2D eigenvalue weighted by molar-refractivity contribution is 5.13. The van der Waals surface area contributed by atoms with E-state index in [2.05, 4.69) is 0 Å². The summed E-state index contributed by atoms with van der Waals surface area (Å²) >= 11 is 0. The van der Waals surface area contributed by atoms with Gasteiger partial charge in [0.1, 0.15) is 6.54 Å². The molecule has 1 heterocycles. The number of hydrogen-bond acceptors (Lipinski definition) is 1. The van der Waals surface area contributed by atoms with Crippen LogP contribution in [0.2, 0.25) is 0 Å². The summed E-state index contributed by atoms with van der Waals surface area (Å²) in [6.45, 7) is 2.25. The minimum atomic E-state index is -0.00991. The van der Waals surface area contributed by atoms with Crippen molar-refractivity contribution in [3.8, 4) is 0 Å². The second-order valence-corrected chi connectivity index (χ2v) is 3.50. The van der Waals surface area contributed by atoms with Crippen LogP contribution in [0.4, 0.5) is 0 Å². The molecule has 1 saturated heterocycles. The Kier molecular flexibility index (Phi) is 1.87. The van der Waals surface area contributed by atoms with Crippen LogP contribution >= 0.6 is 0 Å². The molecule has 1 aromatic carbocycles. The molecule has 1 aliphatic heterocycles. The van der Waals surface area contributed by atoms with Crippen molar-refractivity contribution < 1.29 is 4.65 Å². The number of quaternary nitrogens is 1. The van der Waals surface area contributed by atoms with E-state index in [1.807, 2.05) is 30.3 Å². The first-order valence-corrected chi connectivity index (χ1v) is 4.40. The Hall–Kier alpha value is -0.860. The fourth-order valence-corrected chi connectivity index (χ4v) is 1.59. The van der Waals surface area contributed by atoms with Crippen LogP contribution in [-0.2, 0) is 6.54 Å². The van der Waals surface area contributed by atoms with Gasteiger partial charge in [-0.2, -0.15) is 0 Å². The van der Waals surface area contributed by atoms with Crippen LogP contribution in [-0.4, -0.2) is 17.7 Å². The van der Waals surface area contributed by atoms with Gasteiger partial charge < -0.3 is 9.85 Å². The summed E-state index contributed by atoms with van der Waals surface area (Å²) in [6, 6.07) is 10.0. The monoisotopic (exact) mass is 163 g/mol. The fraction of sp³-hybridized carbons (Fsp3) is 0.400. The first-order valence-electron chi connectivity index (χ1n) is 4.40. The van der Waals surface area contributed by atoms with Gasteiger partial charge in [-0.05, 0) is 0 Å². The lowest BCUT2D eigenvalue weighted by atomic mass is 10.1. The highest BCUT2D eigenvalue weighted by atomic mass is 16.5. The molecule has 2 nitrogen and oxygen atoms in total. The van der Waals surface area contributed by atoms with E-state index in [-0.39, 0.29) is 4.65 Å². The van der Waals surface area contributed by atoms with Crippen molar-refractivity contribution in [2.24, 2.45) is 0 Å². The summed E-state index contributed by atoms with van der Waals surface area (Å²) in [5.74, 6) is 0. The van der Waals surface area contributed by atoms with E-state index >= 15 is 0 Å². The molecular formula is C10H13NO. The minimum absolute atomic E-state index is 0.00991. The van der Waals surface area contributed by atoms with Gasteiger partial charge in [-0.25, -0.2) is 0 Å². The number of hydroxylamine groups is 3. The van der Waals surface area contributed by atoms with Crippen molar-refractivity contribution in [3.05, 3.63) is 41.1 Å². The van der Waals surface area contributed by atoms with Crippen molar-refractivity contribution in [2.75, 3.05) is 13.1 Å². The van der Waals surface area contributed by atoms with Crippen LogP contribution in [0.3, 0.4) is 0 Å². The molecule has 0 radical (unpaired) electrons. The molecule has 12 heavy (non-hydrogen) atoms. The van der Waals surface area contributed by atoms with E-state index in [1.54, 1.807) is 0 Å². The molecule has 0 N–H and O–H groups in total. The van der Waals surface area contributed by atoms with E-state index in [0.717, 1.165) is 25.1 Å². The van der Waals surface area contributed by atoms with Gasteiger partial charge in [0.15, 0.2) is 0 Å². The fourth-order valence-electron chi connectivity index (χ4n) is 1.59. The molecule has 0 amide bonds. The number of nitrogens with zero attached hydrogens (tertiary/aromatic N) is 1. The predicted octanol–water partition coefficient (Wildman–Crippen LogP) is 1.90. The minimum Gasteiger partial charge on any atom is -0.633 e. The summed E-state index contributed by atoms with van der Waals surface area (Å²) < 4.78 is -0.00991. The zero-order chi connectivity index (χ0) is 8.44. The Morgan fingerprint density at radius 1 is 1.17 bits per heavy atom. The molecule has 1 fully saturated rings. The molecule has 2 rings (SSSR count). The van der Waals surface area contributed by atoms with E-state index in [4.69, 9.17) is 0 Å². The number of benzene rings is 1. The largest absolute Gasteiger partial charge is 0.633 e. The maximum Gasteiger partial charge on any atom is 0.104 e. The normalized spacial score (nSPS) is 20.1. The van der Waals surface area contributed by atoms with E-state index in [9.17, 15) is 5.21 Å². The lowest BCUT2D eigenvalue weighted by molar-refractivity contribution is -0.931. The molecular weight excluding hydrogens is 150 g/mol. The highest BCUT2D eigenvalue weighted by Crippen LogP contribution is 2.21. The van der Waals surface area contributed by atoms with Crippen LogP contribution in [0, 0.1) is 5.21 Å². The predicted molar refractivity (Wildman–Crippen MR) is 48.1 cm³/mol. The third-order valence-electron chi connectivity index (χ3n) is 2.44. The van der Waals surface area contributed by atoms with Crippen LogP contribution in [0.25, 0.3) is 0 Å². The molecule has 0 saturated carbocycles. The quantitative estimate of drug-likeness (QED) is 0.482. The Balaban J connectivity index is 2.04. The van der Waals surface area contributed by atoms with E-state index in [0.29, 0.717) is 6.54 Å². The zero-order valence-corrected chi connectivity index (χ0v) is 7.07. The van der Waals surface area contributed by atoms with Gasteiger partial charge in [0.25, 0.3) is 0 Å². The highest BCUT2D eigenvalue weighted by Gasteiger charge is 2.25. The van der Waals surface area contributed by atoms with Gasteiger partial charge in [-0.3, -0.25) is 0 Å². The van der Waals surface area contributed by atoms with Crippen LogP contribution < -0.4 is 0 Å². The molecule has 0 atom stereocenters. The van der Waals surface area contributed by atoms with Crippen LogP contribution in [0.15, 0.2) is 30.3 Å². The molecule has 1 aliphatic rings. The summed E-state index contributed by atoms with van der Waals surface area (Å²) in [5, 5.41) is 11.7. The number of likely N-dealkylation sites (tertiary alicyclic amines) is 1. The Labute approximate surface area is 72.6 Å². The number of hydrogen-bond donors (Lipinski definition) is 0. The molecule has 2 heteroatoms. The van der Waals surface area contributed by atoms with Crippen molar-refractivity contribution in [1.82, 2.24) is 0 Å². The molecule has 0 spiro atoms. The maximum atomic E-state index is 11.7. The summed E-state index contributed by atoms with van der Waals surface area (Å²) in [6.07, 6.45) is 1.09. The van der Waals surface area contributed by atoms with E-state index in [1.165, 1.54) is 0 Å². The smallest absolute Gasteiger partial charge is 0.104 e. The topological polar surface area (TPSA) is 23.1 Å². The summed E-state index contributed by atoms with van der Waals surface area (Å²) in [7, 11) is 0. The Bertz CT molecular complexity index is 254. The second kappa shape index (κ2) is 2.88. The van der Waals surface area contributed by atoms with Crippen LogP contribution in [0.1, 0.15) is 12.0 Å². The molecule has 1 aromatic rings. The second-order valence-electron chi connectivity index (χ2n) is 3.50. The Morgan fingerprint density at radius 2 is 1.83 bits per heavy atom. The van der Waals surface area contributed by atoms with Crippen molar-refractivity contribution in [2.45, 2.75) is 13.0 Å². The average Bonchev–Trinajstić information content (AvgIpc) is 2.04. The van der Waals surface area contributed by atoms with E-state index < -0.39 is 0 Å². The van der Waals surface area contributed by atoms with Crippen LogP contribution in [0.5, 0.6) is 0 Å². The van der Waals surface area contributed by atoms with Gasteiger partial charge in [0.05, 0.1) is 13.1 Å². The standard InChI is InChI=1S/C10H13NO/c12-11(7-4-8-11)9-10-5-2-1-3-6-10/h1-3,5-6H,4,7-9H2. The molecule has 0 aliphatic carbocycles.